The number of likely N-dealkylation sites (tertiary alicyclic amines) is 1. The van der Waals surface area contributed by atoms with Crippen molar-refractivity contribution in [2.45, 2.75) is 69.9 Å². The fourth-order valence-electron chi connectivity index (χ4n) is 3.34. The lowest BCUT2D eigenvalue weighted by Gasteiger charge is -2.30. The first-order valence-corrected chi connectivity index (χ1v) is 8.90. The summed E-state index contributed by atoms with van der Waals surface area (Å²) in [6.07, 6.45) is 6.40. The zero-order valence-corrected chi connectivity index (χ0v) is 14.4. The summed E-state index contributed by atoms with van der Waals surface area (Å²) < 4.78 is 4.95. The molecule has 0 aromatic heterocycles. The number of carbonyl (C=O) groups is 3. The van der Waals surface area contributed by atoms with Gasteiger partial charge in [-0.1, -0.05) is 6.42 Å². The predicted molar refractivity (Wildman–Crippen MR) is 87.0 cm³/mol. The van der Waals surface area contributed by atoms with Gasteiger partial charge in [-0.25, -0.2) is 4.79 Å². The van der Waals surface area contributed by atoms with Crippen molar-refractivity contribution < 1.29 is 24.2 Å². The van der Waals surface area contributed by atoms with E-state index < -0.39 is 30.1 Å². The van der Waals surface area contributed by atoms with Gasteiger partial charge in [-0.05, 0) is 51.9 Å². The Hall–Kier alpha value is -1.63. The second-order valence-corrected chi connectivity index (χ2v) is 6.84. The van der Waals surface area contributed by atoms with Gasteiger partial charge in [0.15, 0.2) is 12.2 Å². The molecule has 2 N–H and O–H groups in total. The van der Waals surface area contributed by atoms with E-state index in [9.17, 15) is 19.5 Å². The van der Waals surface area contributed by atoms with Gasteiger partial charge >= 0.3 is 5.97 Å². The molecule has 1 aliphatic heterocycles. The third-order valence-electron chi connectivity index (χ3n) is 4.81. The molecular weight excluding hydrogens is 312 g/mol. The molecule has 1 saturated heterocycles. The number of hydrogen-bond acceptors (Lipinski definition) is 5. The SMILES string of the molecule is C[C@@H](NC(=O)COC(=O)C1(O)CCCCC1)C(=O)N1CCCCC1. The molecule has 7 heteroatoms. The molecule has 1 atom stereocenters. The van der Waals surface area contributed by atoms with Crippen molar-refractivity contribution in [1.29, 1.82) is 0 Å². The maximum Gasteiger partial charge on any atom is 0.338 e. The first kappa shape index (κ1) is 18.7. The van der Waals surface area contributed by atoms with Gasteiger partial charge in [0.2, 0.25) is 5.91 Å². The minimum Gasteiger partial charge on any atom is -0.453 e. The van der Waals surface area contributed by atoms with Crippen LogP contribution in [0, 0.1) is 0 Å². The third kappa shape index (κ3) is 4.93. The maximum absolute atomic E-state index is 12.2. The summed E-state index contributed by atoms with van der Waals surface area (Å²) in [5.41, 5.74) is -1.46. The van der Waals surface area contributed by atoms with E-state index in [0.29, 0.717) is 12.8 Å². The number of amides is 2. The molecular formula is C17H28N2O5. The van der Waals surface area contributed by atoms with E-state index in [2.05, 4.69) is 5.32 Å². The van der Waals surface area contributed by atoms with Crippen LogP contribution in [-0.4, -0.2) is 59.1 Å². The zero-order valence-electron chi connectivity index (χ0n) is 14.4. The van der Waals surface area contributed by atoms with Crippen molar-refractivity contribution in [3.05, 3.63) is 0 Å². The molecule has 0 spiro atoms. The van der Waals surface area contributed by atoms with Gasteiger partial charge in [0.05, 0.1) is 0 Å². The van der Waals surface area contributed by atoms with E-state index in [1.807, 2.05) is 0 Å². The minimum absolute atomic E-state index is 0.111. The zero-order chi connectivity index (χ0) is 17.6. The highest BCUT2D eigenvalue weighted by Crippen LogP contribution is 2.29. The monoisotopic (exact) mass is 340 g/mol. The molecule has 0 unspecified atom stereocenters. The van der Waals surface area contributed by atoms with Crippen molar-refractivity contribution >= 4 is 17.8 Å². The van der Waals surface area contributed by atoms with Gasteiger partial charge in [-0.15, -0.1) is 0 Å². The molecule has 0 bridgehead atoms. The number of hydrogen-bond donors (Lipinski definition) is 2. The van der Waals surface area contributed by atoms with Crippen molar-refractivity contribution in [2.24, 2.45) is 0 Å². The number of rotatable bonds is 5. The van der Waals surface area contributed by atoms with Crippen molar-refractivity contribution in [2.75, 3.05) is 19.7 Å². The fourth-order valence-corrected chi connectivity index (χ4v) is 3.34. The summed E-state index contributed by atoms with van der Waals surface area (Å²) in [4.78, 5) is 37.8. The first-order chi connectivity index (χ1) is 11.4. The second kappa shape index (κ2) is 8.46. The summed E-state index contributed by atoms with van der Waals surface area (Å²) >= 11 is 0. The van der Waals surface area contributed by atoms with E-state index in [-0.39, 0.29) is 5.91 Å². The lowest BCUT2D eigenvalue weighted by molar-refractivity contribution is -0.170. The van der Waals surface area contributed by atoms with Gasteiger partial charge in [0, 0.05) is 13.1 Å². The van der Waals surface area contributed by atoms with Crippen LogP contribution in [0.5, 0.6) is 0 Å². The molecule has 0 aromatic carbocycles. The average molecular weight is 340 g/mol. The Labute approximate surface area is 142 Å². The lowest BCUT2D eigenvalue weighted by atomic mass is 9.85. The van der Waals surface area contributed by atoms with Crippen LogP contribution in [0.2, 0.25) is 0 Å². The lowest BCUT2D eigenvalue weighted by Crippen LogP contribution is -2.50. The van der Waals surface area contributed by atoms with Gasteiger partial charge in [-0.3, -0.25) is 9.59 Å². The summed E-state index contributed by atoms with van der Waals surface area (Å²) in [5, 5.41) is 12.8. The van der Waals surface area contributed by atoms with Gasteiger partial charge in [-0.2, -0.15) is 0 Å². The maximum atomic E-state index is 12.2. The Morgan fingerprint density at radius 3 is 2.29 bits per heavy atom. The van der Waals surface area contributed by atoms with Crippen molar-refractivity contribution in [3.63, 3.8) is 0 Å². The number of nitrogens with one attached hydrogen (secondary N) is 1. The van der Waals surface area contributed by atoms with E-state index in [1.54, 1.807) is 11.8 Å². The molecule has 1 saturated carbocycles. The van der Waals surface area contributed by atoms with Crippen LogP contribution < -0.4 is 5.32 Å². The molecule has 2 amide bonds. The molecule has 2 fully saturated rings. The average Bonchev–Trinajstić information content (AvgIpc) is 2.60. The predicted octanol–water partition coefficient (Wildman–Crippen LogP) is 0.742. The summed E-state index contributed by atoms with van der Waals surface area (Å²) in [6.45, 7) is 2.60. The molecule has 2 rings (SSSR count). The van der Waals surface area contributed by atoms with E-state index >= 15 is 0 Å². The summed E-state index contributed by atoms with van der Waals surface area (Å²) in [7, 11) is 0. The number of esters is 1. The van der Waals surface area contributed by atoms with Crippen LogP contribution in [0.3, 0.4) is 0 Å². The van der Waals surface area contributed by atoms with Gasteiger partial charge < -0.3 is 20.1 Å². The van der Waals surface area contributed by atoms with E-state index in [4.69, 9.17) is 4.74 Å². The second-order valence-electron chi connectivity index (χ2n) is 6.84. The molecule has 24 heavy (non-hydrogen) atoms. The Balaban J connectivity index is 1.73. The third-order valence-corrected chi connectivity index (χ3v) is 4.81. The topological polar surface area (TPSA) is 95.9 Å². The Morgan fingerprint density at radius 2 is 1.67 bits per heavy atom. The van der Waals surface area contributed by atoms with E-state index in [0.717, 1.165) is 51.6 Å². The molecule has 7 nitrogen and oxygen atoms in total. The van der Waals surface area contributed by atoms with Crippen LogP contribution >= 0.6 is 0 Å². The fraction of sp³-hybridized carbons (Fsp3) is 0.824. The highest BCUT2D eigenvalue weighted by molar-refractivity contribution is 5.89. The van der Waals surface area contributed by atoms with Crippen LogP contribution in [0.25, 0.3) is 0 Å². The molecule has 1 aliphatic carbocycles. The highest BCUT2D eigenvalue weighted by Gasteiger charge is 2.39. The van der Waals surface area contributed by atoms with Gasteiger partial charge in [0.1, 0.15) is 6.04 Å². The number of ether oxygens (including phenoxy) is 1. The smallest absolute Gasteiger partial charge is 0.338 e. The van der Waals surface area contributed by atoms with Crippen molar-refractivity contribution in [1.82, 2.24) is 10.2 Å². The van der Waals surface area contributed by atoms with Crippen LogP contribution in [0.1, 0.15) is 58.3 Å². The summed E-state index contributed by atoms with van der Waals surface area (Å²) in [6, 6.07) is -0.646. The largest absolute Gasteiger partial charge is 0.453 e. The minimum atomic E-state index is -1.46. The van der Waals surface area contributed by atoms with Crippen molar-refractivity contribution in [3.8, 4) is 0 Å². The Kier molecular flexibility index (Phi) is 6.60. The van der Waals surface area contributed by atoms with Crippen LogP contribution in [-0.2, 0) is 19.1 Å². The highest BCUT2D eigenvalue weighted by atomic mass is 16.6. The Bertz CT molecular complexity index is 468. The molecule has 136 valence electrons. The molecule has 0 radical (unpaired) electrons. The number of nitrogens with zero attached hydrogens (tertiary/aromatic N) is 1. The standard InChI is InChI=1S/C17H28N2O5/c1-13(15(21)19-10-6-3-7-11-19)18-14(20)12-24-16(22)17(23)8-4-2-5-9-17/h13,23H,2-12H2,1H3,(H,18,20)/t13-/m1/s1. The molecule has 2 aliphatic rings. The molecule has 0 aromatic rings. The number of carbonyl (C=O) groups excluding carboxylic acids is 3. The van der Waals surface area contributed by atoms with Crippen LogP contribution in [0.15, 0.2) is 0 Å². The molecule has 1 heterocycles. The van der Waals surface area contributed by atoms with E-state index in [1.165, 1.54) is 0 Å². The number of aliphatic hydroxyl groups is 1. The summed E-state index contributed by atoms with van der Waals surface area (Å²) in [5.74, 6) is -1.38. The van der Waals surface area contributed by atoms with Gasteiger partial charge in [0.25, 0.3) is 5.91 Å². The van der Waals surface area contributed by atoms with Crippen LogP contribution in [0.4, 0.5) is 0 Å². The number of piperidine rings is 1. The quantitative estimate of drug-likeness (QED) is 0.720. The Morgan fingerprint density at radius 1 is 1.08 bits per heavy atom. The first-order valence-electron chi connectivity index (χ1n) is 8.90. The normalized spacial score (nSPS) is 21.7.